The molecule has 6 heteroatoms. The van der Waals surface area contributed by atoms with Crippen molar-refractivity contribution in [1.82, 2.24) is 5.32 Å². The first-order valence-electron chi connectivity index (χ1n) is 6.01. The lowest BCUT2D eigenvalue weighted by atomic mass is 10.3. The van der Waals surface area contributed by atoms with Gasteiger partial charge < -0.3 is 15.3 Å². The van der Waals surface area contributed by atoms with E-state index in [1.165, 1.54) is 36.7 Å². The molecule has 5 nitrogen and oxygen atoms in total. The monoisotopic (exact) mass is 276 g/mol. The average Bonchev–Trinajstić information content (AvgIpc) is 2.45. The predicted octanol–water partition coefficient (Wildman–Crippen LogP) is 1.27. The first-order chi connectivity index (χ1) is 9.66. The normalized spacial score (nSPS) is 10.1. The largest absolute Gasteiger partial charge is 0.619 e. The zero-order valence-electron chi connectivity index (χ0n) is 10.6. The van der Waals surface area contributed by atoms with Gasteiger partial charge in [0.25, 0.3) is 5.91 Å². The smallest absolute Gasteiger partial charge is 0.257 e. The van der Waals surface area contributed by atoms with Gasteiger partial charge in [0.2, 0.25) is 0 Å². The summed E-state index contributed by atoms with van der Waals surface area (Å²) in [5.41, 5.74) is 0.258. The van der Waals surface area contributed by atoms with Crippen molar-refractivity contribution in [2.75, 3.05) is 13.2 Å². The zero-order valence-corrected chi connectivity index (χ0v) is 10.6. The van der Waals surface area contributed by atoms with Crippen LogP contribution in [-0.4, -0.2) is 19.1 Å². The molecular formula is C14H13FN2O3. The number of hydrogen-bond acceptors (Lipinski definition) is 3. The number of nitrogens with zero attached hydrogens (tertiary/aromatic N) is 1. The van der Waals surface area contributed by atoms with Crippen molar-refractivity contribution in [1.29, 1.82) is 0 Å². The summed E-state index contributed by atoms with van der Waals surface area (Å²) in [7, 11) is 0. The van der Waals surface area contributed by atoms with Gasteiger partial charge in [0.15, 0.2) is 24.0 Å². The second-order valence-electron chi connectivity index (χ2n) is 3.99. The topological polar surface area (TPSA) is 65.3 Å². The van der Waals surface area contributed by atoms with E-state index in [2.05, 4.69) is 5.32 Å². The van der Waals surface area contributed by atoms with Gasteiger partial charge in [-0.15, -0.1) is 0 Å². The highest BCUT2D eigenvalue weighted by atomic mass is 19.1. The van der Waals surface area contributed by atoms with Gasteiger partial charge in [-0.2, -0.15) is 4.73 Å². The SMILES string of the molecule is O=C(NCCOc1ccccc1F)c1ccc[n+]([O-])c1. The third-order valence-electron chi connectivity index (χ3n) is 2.52. The van der Waals surface area contributed by atoms with Gasteiger partial charge in [-0.25, -0.2) is 4.39 Å². The summed E-state index contributed by atoms with van der Waals surface area (Å²) in [4.78, 5) is 11.7. The highest BCUT2D eigenvalue weighted by Gasteiger charge is 2.08. The minimum absolute atomic E-state index is 0.136. The Morgan fingerprint density at radius 1 is 1.30 bits per heavy atom. The van der Waals surface area contributed by atoms with E-state index >= 15 is 0 Å². The Balaban J connectivity index is 1.79. The van der Waals surface area contributed by atoms with Gasteiger partial charge in [0, 0.05) is 6.07 Å². The molecule has 0 saturated carbocycles. The first-order valence-corrected chi connectivity index (χ1v) is 6.01. The molecule has 0 spiro atoms. The molecule has 0 aliphatic rings. The number of nitrogens with one attached hydrogen (secondary N) is 1. The number of carbonyl (C=O) groups is 1. The van der Waals surface area contributed by atoms with Crippen LogP contribution >= 0.6 is 0 Å². The third kappa shape index (κ3) is 3.68. The minimum Gasteiger partial charge on any atom is -0.619 e. The van der Waals surface area contributed by atoms with Crippen LogP contribution in [0, 0.1) is 11.0 Å². The maximum atomic E-state index is 13.2. The number of benzene rings is 1. The molecule has 1 heterocycles. The van der Waals surface area contributed by atoms with E-state index in [-0.39, 0.29) is 30.4 Å². The standard InChI is InChI=1S/C14H13FN2O3/c15-12-5-1-2-6-13(12)20-9-7-16-14(18)11-4-3-8-17(19)10-11/h1-6,8,10H,7,9H2,(H,16,18). The van der Waals surface area contributed by atoms with Crippen molar-refractivity contribution in [3.63, 3.8) is 0 Å². The van der Waals surface area contributed by atoms with Gasteiger partial charge in [-0.1, -0.05) is 12.1 Å². The van der Waals surface area contributed by atoms with E-state index in [1.807, 2.05) is 0 Å². The lowest BCUT2D eigenvalue weighted by Crippen LogP contribution is -2.32. The Labute approximate surface area is 115 Å². The number of aromatic nitrogens is 1. The van der Waals surface area contributed by atoms with E-state index in [9.17, 15) is 14.4 Å². The van der Waals surface area contributed by atoms with Crippen molar-refractivity contribution in [3.05, 3.63) is 65.4 Å². The number of halogens is 1. The molecule has 0 unspecified atom stereocenters. The molecule has 0 bridgehead atoms. The van der Waals surface area contributed by atoms with E-state index in [0.29, 0.717) is 4.73 Å². The molecule has 1 N–H and O–H groups in total. The second-order valence-corrected chi connectivity index (χ2v) is 3.99. The summed E-state index contributed by atoms with van der Waals surface area (Å²) in [6, 6.07) is 9.05. The van der Waals surface area contributed by atoms with Crippen LogP contribution in [0.1, 0.15) is 10.4 Å². The van der Waals surface area contributed by atoms with Crippen LogP contribution in [0.5, 0.6) is 5.75 Å². The first kappa shape index (κ1) is 13.8. The lowest BCUT2D eigenvalue weighted by molar-refractivity contribution is -0.605. The quantitative estimate of drug-likeness (QED) is 0.508. The van der Waals surface area contributed by atoms with Crippen LogP contribution in [0.25, 0.3) is 0 Å². The number of carbonyl (C=O) groups excluding carboxylic acids is 1. The van der Waals surface area contributed by atoms with Crippen LogP contribution < -0.4 is 14.8 Å². The molecule has 20 heavy (non-hydrogen) atoms. The zero-order chi connectivity index (χ0) is 14.4. The van der Waals surface area contributed by atoms with E-state index in [0.717, 1.165) is 0 Å². The summed E-state index contributed by atoms with van der Waals surface area (Å²) in [6.07, 6.45) is 2.46. The Morgan fingerprint density at radius 3 is 2.85 bits per heavy atom. The molecule has 2 aromatic rings. The van der Waals surface area contributed by atoms with Gasteiger partial charge in [-0.05, 0) is 18.2 Å². The van der Waals surface area contributed by atoms with Crippen LogP contribution in [0.2, 0.25) is 0 Å². The number of para-hydroxylation sites is 1. The van der Waals surface area contributed by atoms with Crippen molar-refractivity contribution >= 4 is 5.91 Å². The number of hydrogen-bond donors (Lipinski definition) is 1. The van der Waals surface area contributed by atoms with Crippen molar-refractivity contribution in [2.24, 2.45) is 0 Å². The molecule has 0 aliphatic heterocycles. The number of ether oxygens (including phenoxy) is 1. The molecule has 1 aromatic heterocycles. The summed E-state index contributed by atoms with van der Waals surface area (Å²) >= 11 is 0. The van der Waals surface area contributed by atoms with E-state index in [4.69, 9.17) is 4.74 Å². The molecule has 0 saturated heterocycles. The van der Waals surface area contributed by atoms with E-state index < -0.39 is 5.82 Å². The maximum Gasteiger partial charge on any atom is 0.257 e. The maximum absolute atomic E-state index is 13.2. The van der Waals surface area contributed by atoms with E-state index in [1.54, 1.807) is 12.1 Å². The summed E-state index contributed by atoms with van der Waals surface area (Å²) in [6.45, 7) is 0.345. The lowest BCUT2D eigenvalue weighted by Gasteiger charge is -2.08. The van der Waals surface area contributed by atoms with Crippen LogP contribution in [-0.2, 0) is 0 Å². The predicted molar refractivity (Wildman–Crippen MR) is 69.6 cm³/mol. The third-order valence-corrected chi connectivity index (χ3v) is 2.52. The highest BCUT2D eigenvalue weighted by molar-refractivity contribution is 5.93. The molecule has 104 valence electrons. The molecular weight excluding hydrogens is 263 g/mol. The van der Waals surface area contributed by atoms with Crippen molar-refractivity contribution in [2.45, 2.75) is 0 Å². The van der Waals surface area contributed by atoms with Gasteiger partial charge in [-0.3, -0.25) is 4.79 Å². The molecule has 0 radical (unpaired) electrons. The minimum atomic E-state index is -0.450. The average molecular weight is 276 g/mol. The van der Waals surface area contributed by atoms with Crippen molar-refractivity contribution in [3.8, 4) is 5.75 Å². The molecule has 0 atom stereocenters. The number of rotatable bonds is 5. The Bertz CT molecular complexity index is 604. The fourth-order valence-electron chi connectivity index (χ4n) is 1.58. The second kappa shape index (κ2) is 6.51. The highest BCUT2D eigenvalue weighted by Crippen LogP contribution is 2.14. The fraction of sp³-hybridized carbons (Fsp3) is 0.143. The Kier molecular flexibility index (Phi) is 4.49. The van der Waals surface area contributed by atoms with Gasteiger partial charge >= 0.3 is 0 Å². The molecule has 2 rings (SSSR count). The molecule has 1 aromatic carbocycles. The summed E-state index contributed by atoms with van der Waals surface area (Å²) < 4.78 is 19.0. The molecule has 0 fully saturated rings. The van der Waals surface area contributed by atoms with Crippen LogP contribution in [0.4, 0.5) is 4.39 Å². The molecule has 0 aliphatic carbocycles. The number of pyridine rings is 1. The summed E-state index contributed by atoms with van der Waals surface area (Å²) in [5, 5.41) is 13.6. The Morgan fingerprint density at radius 2 is 2.10 bits per heavy atom. The van der Waals surface area contributed by atoms with Gasteiger partial charge in [0.1, 0.15) is 12.2 Å². The summed E-state index contributed by atoms with van der Waals surface area (Å²) in [5.74, 6) is -0.694. The number of amides is 1. The Hall–Kier alpha value is -2.63. The van der Waals surface area contributed by atoms with Crippen LogP contribution in [0.3, 0.4) is 0 Å². The van der Waals surface area contributed by atoms with Gasteiger partial charge in [0.05, 0.1) is 6.54 Å². The van der Waals surface area contributed by atoms with Crippen molar-refractivity contribution < 1.29 is 18.7 Å². The fourth-order valence-corrected chi connectivity index (χ4v) is 1.58. The molecule has 1 amide bonds. The van der Waals surface area contributed by atoms with Crippen LogP contribution in [0.15, 0.2) is 48.8 Å².